The Morgan fingerprint density at radius 1 is 0.356 bits per heavy atom. The third-order valence-electron chi connectivity index (χ3n) is 20.7. The van der Waals surface area contributed by atoms with Gasteiger partial charge in [0.2, 0.25) is 5.91 Å². The molecule has 2 saturated heterocycles. The third kappa shape index (κ3) is 54.5. The number of unbranched alkanes of at least 4 members (excludes halogenated alkanes) is 46. The van der Waals surface area contributed by atoms with E-state index in [1.807, 2.05) is 6.08 Å². The highest BCUT2D eigenvalue weighted by Gasteiger charge is 2.51. The quantitative estimate of drug-likeness (QED) is 0.0204. The average molecular weight is 1470 g/mol. The first-order valence-corrected chi connectivity index (χ1v) is 43.5. The number of hydrogen-bond donors (Lipinski definition) is 9. The van der Waals surface area contributed by atoms with E-state index in [1.54, 1.807) is 6.08 Å². The average Bonchev–Trinajstić information content (AvgIpc) is 0.791. The Morgan fingerprint density at radius 3 is 1.06 bits per heavy atom. The second-order valence-corrected chi connectivity index (χ2v) is 30.3. The van der Waals surface area contributed by atoms with Gasteiger partial charge in [0.25, 0.3) is 0 Å². The van der Waals surface area contributed by atoms with Gasteiger partial charge >= 0.3 is 0 Å². The van der Waals surface area contributed by atoms with Crippen molar-refractivity contribution in [3.63, 3.8) is 0 Å². The molecule has 2 fully saturated rings. The molecule has 0 aromatic heterocycles. The van der Waals surface area contributed by atoms with Crippen LogP contribution in [0, 0.1) is 0 Å². The van der Waals surface area contributed by atoms with Crippen molar-refractivity contribution in [2.75, 3.05) is 19.8 Å². The zero-order valence-electron chi connectivity index (χ0n) is 66.5. The highest BCUT2D eigenvalue weighted by Crippen LogP contribution is 2.30. The van der Waals surface area contributed by atoms with Gasteiger partial charge in [-0.25, -0.2) is 0 Å². The van der Waals surface area contributed by atoms with Crippen molar-refractivity contribution >= 4 is 5.91 Å². The predicted molar refractivity (Wildman–Crippen MR) is 433 cm³/mol. The Labute approximate surface area is 636 Å². The topological polar surface area (TPSA) is 228 Å². The van der Waals surface area contributed by atoms with Gasteiger partial charge in [0.05, 0.1) is 32.0 Å². The largest absolute Gasteiger partial charge is 0.394 e. The van der Waals surface area contributed by atoms with Gasteiger partial charge in [0.15, 0.2) is 12.6 Å². The van der Waals surface area contributed by atoms with Gasteiger partial charge in [-0.1, -0.05) is 374 Å². The summed E-state index contributed by atoms with van der Waals surface area (Å²) < 4.78 is 22.9. The molecular weight excluding hydrogens is 1300 g/mol. The minimum atomic E-state index is -1.80. The van der Waals surface area contributed by atoms with E-state index in [9.17, 15) is 45.6 Å². The van der Waals surface area contributed by atoms with Gasteiger partial charge in [0, 0.05) is 6.42 Å². The monoisotopic (exact) mass is 1460 g/mol. The highest BCUT2D eigenvalue weighted by molar-refractivity contribution is 5.76. The van der Waals surface area contributed by atoms with Crippen molar-refractivity contribution in [3.05, 3.63) is 97.2 Å². The van der Waals surface area contributed by atoms with Gasteiger partial charge in [0.1, 0.15) is 48.8 Å². The van der Waals surface area contributed by atoms with Crippen LogP contribution in [0.4, 0.5) is 0 Å². The van der Waals surface area contributed by atoms with Crippen molar-refractivity contribution in [1.29, 1.82) is 0 Å². The fourth-order valence-electron chi connectivity index (χ4n) is 13.9. The molecule has 0 spiro atoms. The summed E-state index contributed by atoms with van der Waals surface area (Å²) in [4.78, 5) is 13.4. The van der Waals surface area contributed by atoms with Gasteiger partial charge in [-0.2, -0.15) is 0 Å². The smallest absolute Gasteiger partial charge is 0.220 e. The van der Waals surface area contributed by atoms with Gasteiger partial charge in [-0.15, -0.1) is 0 Å². The van der Waals surface area contributed by atoms with Crippen molar-refractivity contribution < 1.29 is 64.6 Å². The van der Waals surface area contributed by atoms with Crippen molar-refractivity contribution in [2.24, 2.45) is 0 Å². The zero-order chi connectivity index (χ0) is 75.1. The Hall–Kier alpha value is -3.09. The number of nitrogens with one attached hydrogen (secondary N) is 1. The molecule has 14 heteroatoms. The number of ether oxygens (including phenoxy) is 4. The first kappa shape index (κ1) is 97.0. The molecule has 0 aromatic rings. The second kappa shape index (κ2) is 72.8. The van der Waals surface area contributed by atoms with Crippen LogP contribution in [0.3, 0.4) is 0 Å². The van der Waals surface area contributed by atoms with Gasteiger partial charge in [-0.3, -0.25) is 4.79 Å². The van der Waals surface area contributed by atoms with Crippen LogP contribution in [0.5, 0.6) is 0 Å². The number of hydrogen-bond acceptors (Lipinski definition) is 13. The zero-order valence-corrected chi connectivity index (χ0v) is 66.5. The predicted octanol–water partition coefficient (Wildman–Crippen LogP) is 20.8. The number of carbonyl (C=O) groups excluding carboxylic acids is 1. The molecule has 14 nitrogen and oxygen atoms in total. The van der Waals surface area contributed by atoms with Crippen LogP contribution < -0.4 is 5.32 Å². The molecule has 604 valence electrons. The van der Waals surface area contributed by atoms with E-state index in [0.29, 0.717) is 12.8 Å². The van der Waals surface area contributed by atoms with Crippen LogP contribution in [0.1, 0.15) is 373 Å². The Balaban J connectivity index is 1.59. The number of allylic oxidation sites excluding steroid dienone is 15. The molecule has 12 atom stereocenters. The lowest BCUT2D eigenvalue weighted by atomic mass is 9.97. The maximum Gasteiger partial charge on any atom is 0.220 e. The lowest BCUT2D eigenvalue weighted by Crippen LogP contribution is -2.65. The molecule has 2 rings (SSSR count). The number of aliphatic hydroxyl groups is 8. The molecule has 0 aromatic carbocycles. The minimum Gasteiger partial charge on any atom is -0.394 e. The molecule has 2 heterocycles. The third-order valence-corrected chi connectivity index (χ3v) is 20.7. The first-order valence-electron chi connectivity index (χ1n) is 43.5. The van der Waals surface area contributed by atoms with E-state index in [2.05, 4.69) is 104 Å². The lowest BCUT2D eigenvalue weighted by molar-refractivity contribution is -0.359. The SMILES string of the molecule is CC/C=C\C/C=C\C/C=C\C/C=C\C/C=C\CCCCCCCCCCCCCCCCCCCCCCCCCC(=O)NC(COC1OC(CO)C(OC2OC(CO)C(O)C(O)C2O)C(O)C1O)C(O)/C=C/CC/C=C/CC/C=C/CCCCCCCCCCCCCCCCCCCCCCC. The summed E-state index contributed by atoms with van der Waals surface area (Å²) in [6.07, 6.45) is 88.0. The summed E-state index contributed by atoms with van der Waals surface area (Å²) in [5, 5.41) is 87.8. The maximum atomic E-state index is 13.4. The molecule has 1 amide bonds. The van der Waals surface area contributed by atoms with E-state index in [0.717, 1.165) is 77.0 Å². The maximum absolute atomic E-state index is 13.4. The summed E-state index contributed by atoms with van der Waals surface area (Å²) in [5.74, 6) is -0.248. The Bertz CT molecular complexity index is 2120. The van der Waals surface area contributed by atoms with Crippen LogP contribution >= 0.6 is 0 Å². The van der Waals surface area contributed by atoms with Crippen molar-refractivity contribution in [2.45, 2.75) is 447 Å². The van der Waals surface area contributed by atoms with E-state index >= 15 is 0 Å². The molecule has 104 heavy (non-hydrogen) atoms. The van der Waals surface area contributed by atoms with Gasteiger partial charge < -0.3 is 65.1 Å². The van der Waals surface area contributed by atoms with E-state index in [4.69, 9.17) is 18.9 Å². The van der Waals surface area contributed by atoms with Crippen LogP contribution in [-0.2, 0) is 23.7 Å². The molecule has 0 aliphatic carbocycles. The second-order valence-electron chi connectivity index (χ2n) is 30.3. The molecular formula is C90H161NO13. The fraction of sp³-hybridized carbons (Fsp3) is 0.811. The van der Waals surface area contributed by atoms with Crippen LogP contribution in [-0.4, -0.2) is 140 Å². The van der Waals surface area contributed by atoms with Crippen LogP contribution in [0.25, 0.3) is 0 Å². The summed E-state index contributed by atoms with van der Waals surface area (Å²) >= 11 is 0. The molecule has 0 bridgehead atoms. The molecule has 0 saturated carbocycles. The van der Waals surface area contributed by atoms with E-state index in [1.165, 1.54) is 263 Å². The van der Waals surface area contributed by atoms with Crippen molar-refractivity contribution in [3.8, 4) is 0 Å². The highest BCUT2D eigenvalue weighted by atomic mass is 16.7. The summed E-state index contributed by atoms with van der Waals surface area (Å²) in [5.41, 5.74) is 0. The molecule has 2 aliphatic rings. The molecule has 0 radical (unpaired) electrons. The summed E-state index contributed by atoms with van der Waals surface area (Å²) in [7, 11) is 0. The number of aliphatic hydroxyl groups excluding tert-OH is 8. The van der Waals surface area contributed by atoms with Crippen molar-refractivity contribution in [1.82, 2.24) is 5.32 Å². The van der Waals surface area contributed by atoms with E-state index in [-0.39, 0.29) is 18.9 Å². The summed E-state index contributed by atoms with van der Waals surface area (Å²) in [6.45, 7) is 2.71. The lowest BCUT2D eigenvalue weighted by Gasteiger charge is -2.46. The fourth-order valence-corrected chi connectivity index (χ4v) is 13.9. The minimum absolute atomic E-state index is 0.248. The molecule has 9 N–H and O–H groups in total. The number of amides is 1. The van der Waals surface area contributed by atoms with Crippen LogP contribution in [0.15, 0.2) is 97.2 Å². The number of carbonyl (C=O) groups is 1. The summed E-state index contributed by atoms with van der Waals surface area (Å²) in [6, 6.07) is -0.943. The van der Waals surface area contributed by atoms with E-state index < -0.39 is 86.8 Å². The standard InChI is InChI=1S/C90H161NO13/c1-3-5-7-9-11-13-15-17-19-21-23-25-27-29-31-33-35-36-37-38-39-40-41-42-44-46-48-50-52-54-56-58-60-62-64-66-68-70-72-74-82(95)91-78(77-101-89-87(100)85(98)88(81(76-93)103-89)104-90-86(99)84(97)83(96)80(75-92)102-90)79(94)73-71-69-67-65-63-61-59-57-55-53-51-49-47-45-43-34-32-30-28-26-24-22-20-18-16-14-12-10-8-6-4-2/h5,7,11,13,17,19,23,25,29,31,55,57,63,65,71,73,78-81,83-90,92-94,96-100H,3-4,6,8-10,12,14-16,18,20-22,24,26-28,30,32-54,56,58-62,64,66-70,72,74-77H2,1-2H3,(H,91,95)/b7-5-,13-11-,19-17-,25-23-,31-29-,57-55+,65-63+,73-71+. The van der Waals surface area contributed by atoms with Gasteiger partial charge in [-0.05, 0) is 89.9 Å². The molecule has 12 unspecified atom stereocenters. The normalized spacial score (nSPS) is 21.9. The molecule has 2 aliphatic heterocycles. The Morgan fingerprint density at radius 2 is 0.673 bits per heavy atom. The Kier molecular flexibility index (Phi) is 67.8. The first-order chi connectivity index (χ1) is 51.1. The van der Waals surface area contributed by atoms with Crippen LogP contribution in [0.2, 0.25) is 0 Å². The number of rotatable bonds is 73.